The van der Waals surface area contributed by atoms with Crippen LogP contribution in [0.2, 0.25) is 0 Å². The van der Waals surface area contributed by atoms with E-state index in [0.29, 0.717) is 26.2 Å². The van der Waals surface area contributed by atoms with Crippen LogP contribution in [-0.4, -0.2) is 62.1 Å². The van der Waals surface area contributed by atoms with Crippen LogP contribution in [0.25, 0.3) is 6.08 Å². The van der Waals surface area contributed by atoms with Crippen molar-refractivity contribution in [1.82, 2.24) is 14.6 Å². The molecule has 1 N–H and O–H groups in total. The number of aromatic nitrogens is 1. The highest BCUT2D eigenvalue weighted by Crippen LogP contribution is 2.14. The Bertz CT molecular complexity index is 859. The van der Waals surface area contributed by atoms with Crippen LogP contribution in [0.5, 0.6) is 0 Å². The maximum absolute atomic E-state index is 12.5. The second-order valence-electron chi connectivity index (χ2n) is 6.03. The zero-order valence-corrected chi connectivity index (χ0v) is 16.5. The first-order valence-corrected chi connectivity index (χ1v) is 11.2. The predicted molar refractivity (Wildman–Crippen MR) is 108 cm³/mol. The maximum atomic E-state index is 12.5. The third-order valence-corrected chi connectivity index (χ3v) is 6.92. The van der Waals surface area contributed by atoms with Crippen LogP contribution >= 0.6 is 11.3 Å². The number of sulfonamides is 1. The van der Waals surface area contributed by atoms with Gasteiger partial charge in [-0.05, 0) is 29.7 Å². The number of amides is 1. The van der Waals surface area contributed by atoms with Crippen LogP contribution in [-0.2, 0) is 14.8 Å². The number of anilines is 1. The molecule has 1 saturated heterocycles. The van der Waals surface area contributed by atoms with Crippen molar-refractivity contribution in [2.24, 2.45) is 0 Å². The lowest BCUT2D eigenvalue weighted by atomic mass is 10.3. The Labute approximate surface area is 163 Å². The molecule has 144 valence electrons. The quantitative estimate of drug-likeness (QED) is 0.704. The summed E-state index contributed by atoms with van der Waals surface area (Å²) in [4.78, 5) is 19.1. The average Bonchev–Trinajstić information content (AvgIpc) is 3.21. The lowest BCUT2D eigenvalue weighted by Crippen LogP contribution is -2.50. The molecule has 0 atom stereocenters. The number of carbonyl (C=O) groups is 1. The molecule has 7 nitrogen and oxygen atoms in total. The molecule has 1 fully saturated rings. The van der Waals surface area contributed by atoms with E-state index < -0.39 is 10.0 Å². The van der Waals surface area contributed by atoms with Crippen molar-refractivity contribution in [1.29, 1.82) is 0 Å². The van der Waals surface area contributed by atoms with Gasteiger partial charge >= 0.3 is 0 Å². The van der Waals surface area contributed by atoms with Gasteiger partial charge < -0.3 is 10.2 Å². The number of hydrogen-bond donors (Lipinski definition) is 1. The molecule has 1 aliphatic rings. The van der Waals surface area contributed by atoms with E-state index in [0.717, 1.165) is 10.7 Å². The zero-order chi connectivity index (χ0) is 19.1. The summed E-state index contributed by atoms with van der Waals surface area (Å²) in [5.41, 5.74) is 0. The number of carbonyl (C=O) groups excluding carboxylic acids is 1. The number of nitrogens with zero attached hydrogens (tertiary/aromatic N) is 3. The van der Waals surface area contributed by atoms with Crippen LogP contribution in [0.3, 0.4) is 0 Å². The topological polar surface area (TPSA) is 82.6 Å². The first-order valence-electron chi connectivity index (χ1n) is 8.68. The van der Waals surface area contributed by atoms with Gasteiger partial charge in [-0.25, -0.2) is 13.4 Å². The third kappa shape index (κ3) is 5.62. The van der Waals surface area contributed by atoms with Gasteiger partial charge in [0.1, 0.15) is 5.82 Å². The van der Waals surface area contributed by atoms with Gasteiger partial charge in [0.25, 0.3) is 0 Å². The summed E-state index contributed by atoms with van der Waals surface area (Å²) < 4.78 is 26.4. The second-order valence-corrected chi connectivity index (χ2v) is 9.10. The van der Waals surface area contributed by atoms with Crippen LogP contribution in [0.1, 0.15) is 4.88 Å². The van der Waals surface area contributed by atoms with Gasteiger partial charge in [-0.1, -0.05) is 12.1 Å². The fraction of sp³-hybridized carbons (Fsp3) is 0.333. The predicted octanol–water partition coefficient (Wildman–Crippen LogP) is 1.42. The molecule has 0 aromatic carbocycles. The maximum Gasteiger partial charge on any atom is 0.244 e. The van der Waals surface area contributed by atoms with Crippen molar-refractivity contribution < 1.29 is 13.2 Å². The molecule has 0 radical (unpaired) electrons. The minimum absolute atomic E-state index is 0.0937. The molecule has 2 aromatic heterocycles. The molecule has 0 aliphatic carbocycles. The molecule has 1 amide bonds. The molecule has 3 heterocycles. The zero-order valence-electron chi connectivity index (χ0n) is 14.8. The Morgan fingerprint density at radius 1 is 1.19 bits per heavy atom. The molecule has 27 heavy (non-hydrogen) atoms. The van der Waals surface area contributed by atoms with E-state index >= 15 is 0 Å². The van der Waals surface area contributed by atoms with E-state index in [9.17, 15) is 13.2 Å². The summed E-state index contributed by atoms with van der Waals surface area (Å²) in [5.74, 6) is 0.465. The van der Waals surface area contributed by atoms with E-state index in [2.05, 4.69) is 15.2 Å². The molecule has 0 spiro atoms. The Morgan fingerprint density at radius 3 is 2.67 bits per heavy atom. The summed E-state index contributed by atoms with van der Waals surface area (Å²) in [6.07, 6.45) is 4.86. The molecular weight excluding hydrogens is 384 g/mol. The second kappa shape index (κ2) is 9.12. The van der Waals surface area contributed by atoms with Crippen molar-refractivity contribution in [3.8, 4) is 0 Å². The molecule has 0 unspecified atom stereocenters. The number of piperazine rings is 1. The minimum atomic E-state index is -3.39. The highest BCUT2D eigenvalue weighted by Gasteiger charge is 2.27. The third-order valence-electron chi connectivity index (χ3n) is 4.21. The number of nitrogens with one attached hydrogen (secondary N) is 1. The van der Waals surface area contributed by atoms with Gasteiger partial charge in [-0.3, -0.25) is 4.79 Å². The summed E-state index contributed by atoms with van der Waals surface area (Å²) in [7, 11) is -3.39. The van der Waals surface area contributed by atoms with Crippen molar-refractivity contribution >= 4 is 39.2 Å². The van der Waals surface area contributed by atoms with Crippen LogP contribution in [0.15, 0.2) is 48.0 Å². The summed E-state index contributed by atoms with van der Waals surface area (Å²) >= 11 is 1.53. The van der Waals surface area contributed by atoms with E-state index in [1.807, 2.05) is 35.7 Å². The Morgan fingerprint density at radius 2 is 2.00 bits per heavy atom. The number of hydrogen-bond acceptors (Lipinski definition) is 6. The Hall–Kier alpha value is -2.23. The largest absolute Gasteiger partial charge is 0.354 e. The van der Waals surface area contributed by atoms with E-state index in [1.54, 1.807) is 12.3 Å². The van der Waals surface area contributed by atoms with Crippen LogP contribution in [0, 0.1) is 0 Å². The van der Waals surface area contributed by atoms with Gasteiger partial charge in [-0.2, -0.15) is 4.31 Å². The van der Waals surface area contributed by atoms with E-state index in [-0.39, 0.29) is 18.2 Å². The van der Waals surface area contributed by atoms with E-state index in [1.165, 1.54) is 21.7 Å². The first kappa shape index (κ1) is 19.5. The standard InChI is InChI=1S/C18H22N4O3S2/c23-18(7-6-16-4-3-14-26-16)20-9-15-27(24,25)22-12-10-21(11-13-22)17-5-1-2-8-19-17/h1-8,14H,9-13,15H2,(H,20,23). The normalized spacial score (nSPS) is 15.9. The highest BCUT2D eigenvalue weighted by molar-refractivity contribution is 7.89. The monoisotopic (exact) mass is 406 g/mol. The number of rotatable bonds is 7. The molecule has 9 heteroatoms. The van der Waals surface area contributed by atoms with Crippen molar-refractivity contribution in [2.75, 3.05) is 43.4 Å². The minimum Gasteiger partial charge on any atom is -0.354 e. The average molecular weight is 407 g/mol. The summed E-state index contributed by atoms with van der Waals surface area (Å²) in [6, 6.07) is 9.50. The van der Waals surface area contributed by atoms with Crippen LogP contribution in [0.4, 0.5) is 5.82 Å². The molecule has 0 bridgehead atoms. The lowest BCUT2D eigenvalue weighted by molar-refractivity contribution is -0.116. The molecular formula is C18H22N4O3S2. The van der Waals surface area contributed by atoms with E-state index in [4.69, 9.17) is 0 Å². The van der Waals surface area contributed by atoms with Crippen molar-refractivity contribution in [2.45, 2.75) is 0 Å². The van der Waals surface area contributed by atoms with Gasteiger partial charge in [-0.15, -0.1) is 11.3 Å². The summed E-state index contributed by atoms with van der Waals surface area (Å²) in [6.45, 7) is 2.14. The Balaban J connectivity index is 1.43. The van der Waals surface area contributed by atoms with Crippen LogP contribution < -0.4 is 10.2 Å². The molecule has 2 aromatic rings. The SMILES string of the molecule is O=C(C=Cc1cccs1)NCCS(=O)(=O)N1CCN(c2ccccn2)CC1. The van der Waals surface area contributed by atoms with Crippen molar-refractivity contribution in [3.05, 3.63) is 52.9 Å². The fourth-order valence-corrected chi connectivity index (χ4v) is 4.73. The Kier molecular flexibility index (Phi) is 6.59. The van der Waals surface area contributed by atoms with Crippen molar-refractivity contribution in [3.63, 3.8) is 0 Å². The highest BCUT2D eigenvalue weighted by atomic mass is 32.2. The smallest absolute Gasteiger partial charge is 0.244 e. The molecule has 1 aliphatic heterocycles. The first-order chi connectivity index (χ1) is 13.0. The van der Waals surface area contributed by atoms with Gasteiger partial charge in [0, 0.05) is 49.9 Å². The molecule has 3 rings (SSSR count). The van der Waals surface area contributed by atoms with Gasteiger partial charge in [0.05, 0.1) is 5.75 Å². The fourth-order valence-electron chi connectivity index (χ4n) is 2.77. The summed E-state index contributed by atoms with van der Waals surface area (Å²) in [5, 5.41) is 4.56. The van der Waals surface area contributed by atoms with Gasteiger partial charge in [0.15, 0.2) is 0 Å². The number of pyridine rings is 1. The lowest BCUT2D eigenvalue weighted by Gasteiger charge is -2.34. The van der Waals surface area contributed by atoms with Gasteiger partial charge in [0.2, 0.25) is 15.9 Å². The molecule has 0 saturated carbocycles. The number of thiophene rings is 1.